The number of nitrogens with one attached hydrogen (secondary N) is 1. The Labute approximate surface area is 154 Å². The van der Waals surface area contributed by atoms with Gasteiger partial charge in [0.2, 0.25) is 0 Å². The van der Waals surface area contributed by atoms with Crippen molar-refractivity contribution in [2.75, 3.05) is 39.8 Å². The summed E-state index contributed by atoms with van der Waals surface area (Å²) < 4.78 is 5.74. The largest absolute Gasteiger partial charge is 0.449 e. The molecule has 140 valence electrons. The summed E-state index contributed by atoms with van der Waals surface area (Å²) in [5.74, 6) is -0.102. The van der Waals surface area contributed by atoms with E-state index >= 15 is 0 Å². The van der Waals surface area contributed by atoms with Crippen LogP contribution in [0.2, 0.25) is 0 Å². The van der Waals surface area contributed by atoms with E-state index in [1.165, 1.54) is 5.56 Å². The minimum atomic E-state index is -0.219. The Kier molecular flexibility index (Phi) is 4.61. The summed E-state index contributed by atoms with van der Waals surface area (Å²) in [7, 11) is 1.63. The molecule has 0 unspecified atom stereocenters. The molecule has 4 aliphatic rings. The second-order valence-electron chi connectivity index (χ2n) is 7.88. The number of benzene rings is 1. The Hall–Kier alpha value is -2.08. The molecule has 3 fully saturated rings. The van der Waals surface area contributed by atoms with E-state index < -0.39 is 0 Å². The van der Waals surface area contributed by atoms with Crippen LogP contribution in [0, 0.1) is 5.41 Å². The van der Waals surface area contributed by atoms with Crippen molar-refractivity contribution < 1.29 is 14.3 Å². The molecule has 0 saturated carbocycles. The molecule has 0 atom stereocenters. The van der Waals surface area contributed by atoms with Crippen LogP contribution in [0.1, 0.15) is 40.7 Å². The van der Waals surface area contributed by atoms with Crippen molar-refractivity contribution in [2.45, 2.75) is 32.2 Å². The Bertz CT molecular complexity index is 696. The predicted octanol–water partition coefficient (Wildman–Crippen LogP) is 2.03. The molecule has 0 radical (unpaired) electrons. The lowest BCUT2D eigenvalue weighted by Crippen LogP contribution is -2.50. The molecule has 6 heteroatoms. The number of piperidine rings is 3. The molecule has 0 spiro atoms. The summed E-state index contributed by atoms with van der Waals surface area (Å²) in [6.07, 6.45) is 4.00. The zero-order chi connectivity index (χ0) is 18.1. The highest BCUT2D eigenvalue weighted by atomic mass is 16.6. The zero-order valence-corrected chi connectivity index (χ0v) is 15.4. The first-order valence-electron chi connectivity index (χ1n) is 9.57. The van der Waals surface area contributed by atoms with Gasteiger partial charge in [0.25, 0.3) is 5.91 Å². The van der Waals surface area contributed by atoms with Crippen molar-refractivity contribution in [2.24, 2.45) is 5.41 Å². The summed E-state index contributed by atoms with van der Waals surface area (Å²) in [5, 5.41) is 2.65. The second kappa shape index (κ2) is 6.91. The number of carbonyl (C=O) groups is 2. The number of nitrogens with zero attached hydrogens (tertiary/aromatic N) is 2. The Balaban J connectivity index is 1.38. The third-order valence-electron chi connectivity index (χ3n) is 6.34. The molecule has 26 heavy (non-hydrogen) atoms. The highest BCUT2D eigenvalue weighted by molar-refractivity contribution is 5.94. The molecule has 2 bridgehead atoms. The molecule has 1 aromatic rings. The average Bonchev–Trinajstić information content (AvgIpc) is 2.72. The van der Waals surface area contributed by atoms with Gasteiger partial charge in [-0.1, -0.05) is 6.07 Å². The van der Waals surface area contributed by atoms with Crippen molar-refractivity contribution in [3.63, 3.8) is 0 Å². The monoisotopic (exact) mass is 357 g/mol. The topological polar surface area (TPSA) is 61.9 Å². The van der Waals surface area contributed by atoms with Gasteiger partial charge in [0.1, 0.15) is 0 Å². The van der Waals surface area contributed by atoms with Crippen LogP contribution < -0.4 is 5.32 Å². The molecule has 1 N–H and O–H groups in total. The SMILES string of the molecule is CNC(=O)c1ccc2c(c1)CN(C(=O)OCC13CCN(CC1)CC3)CC2. The summed E-state index contributed by atoms with van der Waals surface area (Å²) >= 11 is 0. The third kappa shape index (κ3) is 3.30. The quantitative estimate of drug-likeness (QED) is 0.899. The molecule has 5 rings (SSSR count). The zero-order valence-electron chi connectivity index (χ0n) is 15.4. The maximum Gasteiger partial charge on any atom is 0.410 e. The normalized spacial score (nSPS) is 27.0. The van der Waals surface area contributed by atoms with Crippen LogP contribution in [0.25, 0.3) is 0 Å². The molecule has 0 aliphatic carbocycles. The minimum Gasteiger partial charge on any atom is -0.449 e. The predicted molar refractivity (Wildman–Crippen MR) is 98.0 cm³/mol. The van der Waals surface area contributed by atoms with Crippen molar-refractivity contribution in [1.82, 2.24) is 15.1 Å². The molecule has 2 amide bonds. The number of amides is 2. The minimum absolute atomic E-state index is 0.102. The summed E-state index contributed by atoms with van der Waals surface area (Å²) in [6.45, 7) is 5.14. The average molecular weight is 357 g/mol. The standard InChI is InChI=1S/C20H27N3O3/c1-21-18(24)16-3-2-15-4-8-23(13-17(15)12-16)19(25)26-14-20-5-9-22(10-6-20)11-7-20/h2-3,12H,4-11,13-14H2,1H3,(H,21,24). The summed E-state index contributed by atoms with van der Waals surface area (Å²) in [6, 6.07) is 5.74. The van der Waals surface area contributed by atoms with E-state index in [0.717, 1.165) is 50.9 Å². The summed E-state index contributed by atoms with van der Waals surface area (Å²) in [4.78, 5) is 28.7. The lowest BCUT2D eigenvalue weighted by Gasteiger charge is -2.48. The number of hydrogen-bond donors (Lipinski definition) is 1. The van der Waals surface area contributed by atoms with Crippen LogP contribution in [-0.4, -0.2) is 61.6 Å². The van der Waals surface area contributed by atoms with E-state index in [9.17, 15) is 9.59 Å². The van der Waals surface area contributed by atoms with Crippen molar-refractivity contribution in [3.05, 3.63) is 34.9 Å². The molecule has 3 saturated heterocycles. The van der Waals surface area contributed by atoms with Crippen molar-refractivity contribution >= 4 is 12.0 Å². The molecule has 0 aromatic heterocycles. The van der Waals surface area contributed by atoms with E-state index in [1.807, 2.05) is 18.2 Å². The van der Waals surface area contributed by atoms with Crippen LogP contribution in [0.4, 0.5) is 4.79 Å². The van der Waals surface area contributed by atoms with Gasteiger partial charge in [0.05, 0.1) is 6.61 Å². The van der Waals surface area contributed by atoms with E-state index in [0.29, 0.717) is 25.3 Å². The fraction of sp³-hybridized carbons (Fsp3) is 0.600. The lowest BCUT2D eigenvalue weighted by atomic mass is 9.73. The van der Waals surface area contributed by atoms with Gasteiger partial charge in [0.15, 0.2) is 0 Å². The number of carbonyl (C=O) groups excluding carboxylic acids is 2. The fourth-order valence-corrected chi connectivity index (χ4v) is 4.42. The van der Waals surface area contributed by atoms with Crippen LogP contribution >= 0.6 is 0 Å². The first kappa shape index (κ1) is 17.3. The molecule has 4 aliphatic heterocycles. The Morgan fingerprint density at radius 2 is 1.85 bits per heavy atom. The first-order chi connectivity index (χ1) is 12.6. The fourth-order valence-electron chi connectivity index (χ4n) is 4.42. The Morgan fingerprint density at radius 1 is 1.12 bits per heavy atom. The van der Waals surface area contributed by atoms with Crippen LogP contribution in [0.15, 0.2) is 18.2 Å². The summed E-state index contributed by atoms with van der Waals surface area (Å²) in [5.41, 5.74) is 3.08. The molecule has 6 nitrogen and oxygen atoms in total. The van der Waals surface area contributed by atoms with Gasteiger partial charge in [0, 0.05) is 31.1 Å². The maximum atomic E-state index is 12.6. The highest BCUT2D eigenvalue weighted by Crippen LogP contribution is 2.40. The van der Waals surface area contributed by atoms with E-state index in [1.54, 1.807) is 11.9 Å². The van der Waals surface area contributed by atoms with Crippen LogP contribution in [-0.2, 0) is 17.7 Å². The van der Waals surface area contributed by atoms with E-state index in [4.69, 9.17) is 4.74 Å². The first-order valence-corrected chi connectivity index (χ1v) is 9.57. The van der Waals surface area contributed by atoms with Crippen molar-refractivity contribution in [3.8, 4) is 0 Å². The third-order valence-corrected chi connectivity index (χ3v) is 6.34. The van der Waals surface area contributed by atoms with Crippen molar-refractivity contribution in [1.29, 1.82) is 0 Å². The van der Waals surface area contributed by atoms with Gasteiger partial charge >= 0.3 is 6.09 Å². The Morgan fingerprint density at radius 3 is 2.54 bits per heavy atom. The smallest absolute Gasteiger partial charge is 0.410 e. The second-order valence-corrected chi connectivity index (χ2v) is 7.88. The van der Waals surface area contributed by atoms with Gasteiger partial charge < -0.3 is 19.9 Å². The molecule has 4 heterocycles. The highest BCUT2D eigenvalue weighted by Gasteiger charge is 2.40. The number of fused-ring (bicyclic) bond motifs is 4. The van der Waals surface area contributed by atoms with E-state index in [2.05, 4.69) is 10.2 Å². The van der Waals surface area contributed by atoms with Gasteiger partial charge in [-0.25, -0.2) is 4.79 Å². The molecule has 1 aromatic carbocycles. The number of rotatable bonds is 3. The van der Waals surface area contributed by atoms with Gasteiger partial charge in [-0.3, -0.25) is 4.79 Å². The lowest BCUT2D eigenvalue weighted by molar-refractivity contribution is -0.0288. The maximum absolute atomic E-state index is 12.6. The van der Waals surface area contributed by atoms with Gasteiger partial charge in [-0.2, -0.15) is 0 Å². The number of ether oxygens (including phenoxy) is 1. The van der Waals surface area contributed by atoms with Crippen LogP contribution in [0.5, 0.6) is 0 Å². The number of hydrogen-bond acceptors (Lipinski definition) is 4. The molecular formula is C20H27N3O3. The van der Waals surface area contributed by atoms with Crippen LogP contribution in [0.3, 0.4) is 0 Å². The van der Waals surface area contributed by atoms with Gasteiger partial charge in [-0.15, -0.1) is 0 Å². The van der Waals surface area contributed by atoms with E-state index in [-0.39, 0.29) is 17.4 Å². The molecular weight excluding hydrogens is 330 g/mol. The van der Waals surface area contributed by atoms with Gasteiger partial charge in [-0.05, 0) is 68.6 Å².